The van der Waals surface area contributed by atoms with Crippen molar-refractivity contribution in [1.29, 1.82) is 0 Å². The summed E-state index contributed by atoms with van der Waals surface area (Å²) >= 11 is 2.03. The Labute approximate surface area is 426 Å². The van der Waals surface area contributed by atoms with Crippen LogP contribution in [-0.2, 0) is 37.9 Å². The molecule has 4 heteroatoms. The minimum absolute atomic E-state index is 0.00934. The molecule has 6 aromatic carbocycles. The normalized spacial score (nSPS) is 18.5. The summed E-state index contributed by atoms with van der Waals surface area (Å²) in [6.45, 7) is 41.3. The highest BCUT2D eigenvalue weighted by Crippen LogP contribution is 2.55. The molecule has 3 heterocycles. The SMILES string of the molecule is CC(C)(C)c1ccc(N2c3cc(C(C)(C)C)cc4c3B(c3cc5c(cc3N4c3ccc4c(c3)C(C)(C)CCC4(C)C)C(C)(C)CCC5(C)C)c3sc4ccc(C(C)(C)C)cc4c32)c(-c2ccccc2)c1. The van der Waals surface area contributed by atoms with E-state index in [1.165, 1.54) is 136 Å². The molecule has 0 amide bonds. The molecule has 11 rings (SSSR count). The van der Waals surface area contributed by atoms with Crippen LogP contribution >= 0.6 is 11.3 Å². The lowest BCUT2D eigenvalue weighted by atomic mass is 9.35. The number of fused-ring (bicyclic) bond motifs is 8. The summed E-state index contributed by atoms with van der Waals surface area (Å²) in [5.41, 5.74) is 23.4. The van der Waals surface area contributed by atoms with E-state index < -0.39 is 0 Å². The lowest BCUT2D eigenvalue weighted by molar-refractivity contribution is 0.332. The molecule has 4 aliphatic rings. The van der Waals surface area contributed by atoms with E-state index in [0.29, 0.717) is 0 Å². The molecule has 2 aliphatic heterocycles. The number of anilines is 6. The Morgan fingerprint density at radius 2 is 0.986 bits per heavy atom. The highest BCUT2D eigenvalue weighted by atomic mass is 32.1. The van der Waals surface area contributed by atoms with Crippen LogP contribution in [0.1, 0.15) is 182 Å². The zero-order valence-electron chi connectivity index (χ0n) is 45.6. The Morgan fingerprint density at radius 3 is 1.59 bits per heavy atom. The van der Waals surface area contributed by atoms with Crippen molar-refractivity contribution < 1.29 is 0 Å². The van der Waals surface area contributed by atoms with Crippen LogP contribution in [0.25, 0.3) is 21.2 Å². The van der Waals surface area contributed by atoms with Crippen LogP contribution in [0.3, 0.4) is 0 Å². The molecule has 0 N–H and O–H groups in total. The molecule has 0 radical (unpaired) electrons. The van der Waals surface area contributed by atoms with Gasteiger partial charge in [-0.1, -0.05) is 172 Å². The van der Waals surface area contributed by atoms with Crippen molar-refractivity contribution in [2.75, 3.05) is 9.80 Å². The van der Waals surface area contributed by atoms with Crippen molar-refractivity contribution in [3.8, 4) is 11.1 Å². The number of nitrogens with zero attached hydrogens (tertiary/aromatic N) is 2. The van der Waals surface area contributed by atoms with Crippen LogP contribution in [0.5, 0.6) is 0 Å². The molecule has 0 saturated heterocycles. The molecule has 0 saturated carbocycles. The van der Waals surface area contributed by atoms with Crippen molar-refractivity contribution >= 4 is 78.0 Å². The van der Waals surface area contributed by atoms with E-state index in [-0.39, 0.29) is 44.6 Å². The van der Waals surface area contributed by atoms with Gasteiger partial charge >= 0.3 is 0 Å². The number of hydrogen-bond donors (Lipinski definition) is 0. The monoisotopic (exact) mass is 941 g/mol. The fourth-order valence-corrected chi connectivity index (χ4v) is 14.0. The first-order chi connectivity index (χ1) is 32.6. The fraction of sp³-hybridized carbons (Fsp3) is 0.424. The van der Waals surface area contributed by atoms with Crippen molar-refractivity contribution in [2.24, 2.45) is 0 Å². The van der Waals surface area contributed by atoms with E-state index in [9.17, 15) is 0 Å². The maximum atomic E-state index is 2.74. The molecule has 0 fully saturated rings. The summed E-state index contributed by atoms with van der Waals surface area (Å²) < 4.78 is 2.79. The van der Waals surface area contributed by atoms with Gasteiger partial charge < -0.3 is 9.80 Å². The first kappa shape index (κ1) is 47.3. The van der Waals surface area contributed by atoms with E-state index in [2.05, 4.69) is 237 Å². The number of rotatable bonds is 3. The summed E-state index contributed by atoms with van der Waals surface area (Å²) in [5, 5.41) is 1.35. The van der Waals surface area contributed by atoms with Crippen LogP contribution in [0.2, 0.25) is 0 Å². The number of thiophene rings is 1. The average molecular weight is 941 g/mol. The van der Waals surface area contributed by atoms with Gasteiger partial charge in [0, 0.05) is 43.2 Å². The third-order valence-electron chi connectivity index (χ3n) is 17.6. The highest BCUT2D eigenvalue weighted by molar-refractivity contribution is 7.33. The van der Waals surface area contributed by atoms with E-state index in [0.717, 1.165) is 0 Å². The zero-order valence-corrected chi connectivity index (χ0v) is 46.4. The Bertz CT molecular complexity index is 3280. The summed E-state index contributed by atoms with van der Waals surface area (Å²) in [6, 6.07) is 44.2. The van der Waals surface area contributed by atoms with E-state index in [1.54, 1.807) is 0 Å². The third kappa shape index (κ3) is 7.30. The van der Waals surface area contributed by atoms with Crippen molar-refractivity contribution in [2.45, 2.75) is 181 Å². The van der Waals surface area contributed by atoms with Gasteiger partial charge in [-0.3, -0.25) is 0 Å². The number of benzene rings is 6. The second-order valence-electron chi connectivity index (χ2n) is 27.6. The summed E-state index contributed by atoms with van der Waals surface area (Å²) in [6.07, 6.45) is 4.73. The van der Waals surface area contributed by atoms with Gasteiger partial charge in [-0.2, -0.15) is 0 Å². The van der Waals surface area contributed by atoms with Crippen LogP contribution in [0.15, 0.2) is 109 Å². The highest BCUT2D eigenvalue weighted by Gasteiger charge is 2.49. The Kier molecular flexibility index (Phi) is 10.3. The topological polar surface area (TPSA) is 6.48 Å². The second-order valence-corrected chi connectivity index (χ2v) is 28.7. The molecule has 1 aromatic heterocycles. The molecule has 7 aromatic rings. The maximum absolute atomic E-state index is 2.74. The van der Waals surface area contributed by atoms with Gasteiger partial charge in [-0.05, 0) is 174 Å². The zero-order chi connectivity index (χ0) is 50.0. The molecule has 70 heavy (non-hydrogen) atoms. The van der Waals surface area contributed by atoms with Crippen molar-refractivity contribution in [3.05, 3.63) is 148 Å². The van der Waals surface area contributed by atoms with E-state index in [1.807, 2.05) is 11.3 Å². The molecule has 2 nitrogen and oxygen atoms in total. The van der Waals surface area contributed by atoms with Crippen LogP contribution in [0.4, 0.5) is 34.1 Å². The third-order valence-corrected chi connectivity index (χ3v) is 18.9. The lowest BCUT2D eigenvalue weighted by Crippen LogP contribution is -2.61. The van der Waals surface area contributed by atoms with Gasteiger partial charge in [0.1, 0.15) is 0 Å². The van der Waals surface area contributed by atoms with Gasteiger partial charge in [0.25, 0.3) is 6.71 Å². The second kappa shape index (κ2) is 15.2. The number of hydrogen-bond acceptors (Lipinski definition) is 3. The van der Waals surface area contributed by atoms with Crippen molar-refractivity contribution in [3.63, 3.8) is 0 Å². The minimum Gasteiger partial charge on any atom is -0.311 e. The minimum atomic E-state index is -0.128. The maximum Gasteiger partial charge on any atom is 0.264 e. The molecule has 2 aliphatic carbocycles. The molecule has 0 atom stereocenters. The summed E-state index contributed by atoms with van der Waals surface area (Å²) in [7, 11) is 0. The lowest BCUT2D eigenvalue weighted by Gasteiger charge is -2.48. The van der Waals surface area contributed by atoms with Gasteiger partial charge in [-0.15, -0.1) is 11.3 Å². The largest absolute Gasteiger partial charge is 0.311 e. The summed E-state index contributed by atoms with van der Waals surface area (Å²) in [5.74, 6) is 0. The van der Waals surface area contributed by atoms with Gasteiger partial charge in [-0.25, -0.2) is 0 Å². The Hall–Kier alpha value is -5.06. The average Bonchev–Trinajstić information content (AvgIpc) is 3.67. The molecule has 0 bridgehead atoms. The smallest absolute Gasteiger partial charge is 0.264 e. The molecule has 0 unspecified atom stereocenters. The molecular weight excluding hydrogens is 864 g/mol. The fourth-order valence-electron chi connectivity index (χ4n) is 12.7. The van der Waals surface area contributed by atoms with Gasteiger partial charge in [0.05, 0.1) is 11.4 Å². The standard InChI is InChI=1S/C66H77BN2S/c1-60(2,3)41-23-27-52(45(33-41)40-21-19-18-20-22-40)69-55-36-43(62(7,8)9)35-54-57(55)67(59-58(69)46-34-42(61(4,5)6)24-28-56(46)70-59)51-38-49-50(66(16,17)32-31-65(49,14)15)39-53(51)68(54)44-25-26-47-48(37-44)64(12,13)30-29-63(47,10)11/h18-28,33-39H,29-32H2,1-17H3. The van der Waals surface area contributed by atoms with Crippen molar-refractivity contribution in [1.82, 2.24) is 0 Å². The molecular formula is C66H77BN2S. The molecule has 0 spiro atoms. The van der Waals surface area contributed by atoms with E-state index in [4.69, 9.17) is 0 Å². The predicted molar refractivity (Wildman–Crippen MR) is 308 cm³/mol. The predicted octanol–water partition coefficient (Wildman–Crippen LogP) is 17.2. The first-order valence-electron chi connectivity index (χ1n) is 26.5. The van der Waals surface area contributed by atoms with Crippen LogP contribution in [0, 0.1) is 0 Å². The first-order valence-corrected chi connectivity index (χ1v) is 27.3. The van der Waals surface area contributed by atoms with Crippen LogP contribution in [-0.4, -0.2) is 6.71 Å². The Morgan fingerprint density at radius 1 is 0.457 bits per heavy atom. The molecule has 360 valence electrons. The quantitative estimate of drug-likeness (QED) is 0.163. The van der Waals surface area contributed by atoms with Gasteiger partial charge in [0.2, 0.25) is 0 Å². The Balaban J connectivity index is 1.32. The van der Waals surface area contributed by atoms with E-state index >= 15 is 0 Å². The van der Waals surface area contributed by atoms with Gasteiger partial charge in [0.15, 0.2) is 0 Å². The summed E-state index contributed by atoms with van der Waals surface area (Å²) in [4.78, 5) is 5.48. The van der Waals surface area contributed by atoms with Crippen LogP contribution < -0.4 is 25.5 Å².